The van der Waals surface area contributed by atoms with Gasteiger partial charge in [0.15, 0.2) is 0 Å². The molecule has 6 heteroatoms. The minimum absolute atomic E-state index is 0. The second-order valence-corrected chi connectivity index (χ2v) is 5.38. The highest BCUT2D eigenvalue weighted by Crippen LogP contribution is 2.33. The van der Waals surface area contributed by atoms with E-state index in [0.717, 1.165) is 50.5 Å². The predicted octanol–water partition coefficient (Wildman–Crippen LogP) is 3.21. The summed E-state index contributed by atoms with van der Waals surface area (Å²) < 4.78 is 0. The highest BCUT2D eigenvalue weighted by molar-refractivity contribution is 5.85. The van der Waals surface area contributed by atoms with Crippen molar-refractivity contribution in [1.29, 1.82) is 0 Å². The van der Waals surface area contributed by atoms with Crippen LogP contribution in [0.3, 0.4) is 0 Å². The van der Waals surface area contributed by atoms with Gasteiger partial charge in [-0.1, -0.05) is 12.1 Å². The van der Waals surface area contributed by atoms with E-state index in [1.165, 1.54) is 0 Å². The Kier molecular flexibility index (Phi) is 10.3. The molecule has 1 aromatic rings. The largest absolute Gasteiger partial charge is 0.508 e. The van der Waals surface area contributed by atoms with Gasteiger partial charge < -0.3 is 15.3 Å². The highest BCUT2D eigenvalue weighted by atomic mass is 35.5. The molecule has 1 aliphatic rings. The molecule has 0 spiro atoms. The van der Waals surface area contributed by atoms with Crippen molar-refractivity contribution in [2.24, 2.45) is 0 Å². The normalized spacial score (nSPS) is 15.9. The fraction of sp³-hybridized carbons (Fsp3) is 0.529. The first-order valence-electron chi connectivity index (χ1n) is 7.86. The predicted molar refractivity (Wildman–Crippen MR) is 104 cm³/mol. The van der Waals surface area contributed by atoms with E-state index in [1.807, 2.05) is 18.2 Å². The number of aromatic hydroxyl groups is 1. The van der Waals surface area contributed by atoms with Crippen LogP contribution in [0.25, 0.3) is 0 Å². The van der Waals surface area contributed by atoms with Crippen molar-refractivity contribution >= 4 is 30.5 Å². The van der Waals surface area contributed by atoms with Crippen molar-refractivity contribution in [2.45, 2.75) is 19.9 Å². The summed E-state index contributed by atoms with van der Waals surface area (Å²) in [4.78, 5) is 4.59. The Morgan fingerprint density at radius 3 is 2.35 bits per heavy atom. The van der Waals surface area contributed by atoms with E-state index in [4.69, 9.17) is 0 Å². The molecule has 0 saturated carbocycles. The van der Waals surface area contributed by atoms with E-state index in [1.54, 1.807) is 0 Å². The molecule has 0 aliphatic carbocycles. The Morgan fingerprint density at radius 1 is 1.26 bits per heavy atom. The van der Waals surface area contributed by atoms with Crippen LogP contribution >= 0.6 is 24.8 Å². The summed E-state index contributed by atoms with van der Waals surface area (Å²) >= 11 is 0. The molecule has 2 rings (SSSR count). The van der Waals surface area contributed by atoms with Gasteiger partial charge in [-0.15, -0.1) is 31.4 Å². The lowest BCUT2D eigenvalue weighted by atomic mass is 10.0. The number of nitrogens with zero attached hydrogens (tertiary/aromatic N) is 2. The molecule has 0 aromatic heterocycles. The van der Waals surface area contributed by atoms with Gasteiger partial charge in [0, 0.05) is 56.6 Å². The molecule has 4 nitrogen and oxygen atoms in total. The number of hydrogen-bond acceptors (Lipinski definition) is 4. The summed E-state index contributed by atoms with van der Waals surface area (Å²) in [5.41, 5.74) is 2.02. The van der Waals surface area contributed by atoms with Crippen molar-refractivity contribution in [1.82, 2.24) is 10.2 Å². The molecule has 0 unspecified atom stereocenters. The van der Waals surface area contributed by atoms with E-state index in [2.05, 4.69) is 41.6 Å². The zero-order valence-corrected chi connectivity index (χ0v) is 15.6. The molecule has 1 fully saturated rings. The van der Waals surface area contributed by atoms with Crippen LogP contribution in [0.15, 0.2) is 30.9 Å². The average Bonchev–Trinajstić information content (AvgIpc) is 2.52. The second kappa shape index (κ2) is 10.8. The van der Waals surface area contributed by atoms with E-state index < -0.39 is 0 Å². The fourth-order valence-electron chi connectivity index (χ4n) is 3.00. The number of nitrogens with one attached hydrogen (secondary N) is 1. The maximum atomic E-state index is 10.4. The van der Waals surface area contributed by atoms with Gasteiger partial charge in [0.1, 0.15) is 5.75 Å². The number of halogens is 2. The summed E-state index contributed by atoms with van der Waals surface area (Å²) in [5.74, 6) is 0.364. The summed E-state index contributed by atoms with van der Waals surface area (Å²) in [5, 5.41) is 13.8. The smallest absolute Gasteiger partial charge is 0.122 e. The Balaban J connectivity index is 0.00000242. The van der Waals surface area contributed by atoms with Crippen molar-refractivity contribution in [3.8, 4) is 5.75 Å². The zero-order valence-electron chi connectivity index (χ0n) is 14.0. The van der Waals surface area contributed by atoms with E-state index in [9.17, 15) is 5.11 Å². The molecule has 2 N–H and O–H groups in total. The topological polar surface area (TPSA) is 38.7 Å². The minimum Gasteiger partial charge on any atom is -0.508 e. The van der Waals surface area contributed by atoms with Crippen molar-refractivity contribution in [3.05, 3.63) is 36.4 Å². The Morgan fingerprint density at radius 2 is 1.87 bits per heavy atom. The molecule has 1 aromatic carbocycles. The first-order chi connectivity index (χ1) is 10.2. The first kappa shape index (κ1) is 22.1. The van der Waals surface area contributed by atoms with Crippen LogP contribution in [0.2, 0.25) is 0 Å². The Hall–Kier alpha value is -0.940. The Bertz CT molecular complexity index is 475. The van der Waals surface area contributed by atoms with E-state index in [-0.39, 0.29) is 30.9 Å². The lowest BCUT2D eigenvalue weighted by Crippen LogP contribution is -2.44. The van der Waals surface area contributed by atoms with Gasteiger partial charge in [-0.2, -0.15) is 0 Å². The Labute approximate surface area is 152 Å². The van der Waals surface area contributed by atoms with Crippen LogP contribution < -0.4 is 10.2 Å². The van der Waals surface area contributed by atoms with Gasteiger partial charge >= 0.3 is 0 Å². The van der Waals surface area contributed by atoms with Crippen LogP contribution in [0, 0.1) is 0 Å². The molecule has 1 atom stereocenters. The molecule has 1 saturated heterocycles. The molecule has 1 aliphatic heterocycles. The van der Waals surface area contributed by atoms with Gasteiger partial charge in [0.25, 0.3) is 0 Å². The molecule has 0 radical (unpaired) electrons. The first-order valence-corrected chi connectivity index (χ1v) is 7.86. The number of piperazine rings is 1. The number of hydrogen-bond donors (Lipinski definition) is 2. The zero-order chi connectivity index (χ0) is 15.2. The van der Waals surface area contributed by atoms with Crippen molar-refractivity contribution in [2.75, 3.05) is 44.2 Å². The summed E-state index contributed by atoms with van der Waals surface area (Å²) in [6.45, 7) is 14.0. The van der Waals surface area contributed by atoms with Crippen LogP contribution in [0.1, 0.15) is 25.5 Å². The summed E-state index contributed by atoms with van der Waals surface area (Å²) in [7, 11) is 0. The van der Waals surface area contributed by atoms with Crippen LogP contribution in [0.5, 0.6) is 5.75 Å². The van der Waals surface area contributed by atoms with Crippen molar-refractivity contribution < 1.29 is 5.11 Å². The van der Waals surface area contributed by atoms with Crippen molar-refractivity contribution in [3.63, 3.8) is 0 Å². The maximum Gasteiger partial charge on any atom is 0.122 e. The number of phenolic OH excluding ortho intramolecular Hbond substituents is 1. The van der Waals surface area contributed by atoms with E-state index in [0.29, 0.717) is 5.75 Å². The number of rotatable bonds is 6. The second-order valence-electron chi connectivity index (χ2n) is 5.38. The molecule has 1 heterocycles. The maximum absolute atomic E-state index is 10.4. The molecular formula is C17H29Cl2N3O. The average molecular weight is 362 g/mol. The molecular weight excluding hydrogens is 333 g/mol. The number of phenols is 1. The lowest BCUT2D eigenvalue weighted by Gasteiger charge is -2.34. The third kappa shape index (κ3) is 5.28. The van der Waals surface area contributed by atoms with Crippen LogP contribution in [-0.4, -0.2) is 49.3 Å². The third-order valence-electron chi connectivity index (χ3n) is 4.23. The standard InChI is InChI=1S/C17H27N3O.2ClH/c1-4-16(20-11-9-18-10-12-20)15-8-7-14(13-17(15)21)19(5-2)6-3;;/h4,7-8,13,16,18,21H,1,5-6,9-12H2,2-3H3;2*1H/t16-;;/m1../s1. The van der Waals surface area contributed by atoms with Gasteiger partial charge in [-0.25, -0.2) is 0 Å². The van der Waals surface area contributed by atoms with Crippen LogP contribution in [-0.2, 0) is 0 Å². The van der Waals surface area contributed by atoms with Crippen LogP contribution in [0.4, 0.5) is 5.69 Å². The van der Waals surface area contributed by atoms with Gasteiger partial charge in [-0.3, -0.25) is 4.90 Å². The van der Waals surface area contributed by atoms with Gasteiger partial charge in [0.05, 0.1) is 6.04 Å². The summed E-state index contributed by atoms with van der Waals surface area (Å²) in [6.07, 6.45) is 1.93. The molecule has 23 heavy (non-hydrogen) atoms. The number of anilines is 1. The molecule has 132 valence electrons. The SMILES string of the molecule is C=C[C@H](c1ccc(N(CC)CC)cc1O)N1CCNCC1.Cl.Cl. The third-order valence-corrected chi connectivity index (χ3v) is 4.23. The van der Waals surface area contributed by atoms with Gasteiger partial charge in [-0.05, 0) is 19.9 Å². The highest BCUT2D eigenvalue weighted by Gasteiger charge is 2.22. The monoisotopic (exact) mass is 361 g/mol. The van der Waals surface area contributed by atoms with Gasteiger partial charge in [0.2, 0.25) is 0 Å². The quantitative estimate of drug-likeness (QED) is 0.763. The number of benzene rings is 1. The lowest BCUT2D eigenvalue weighted by molar-refractivity contribution is 0.201. The van der Waals surface area contributed by atoms with E-state index >= 15 is 0 Å². The molecule has 0 amide bonds. The molecule has 0 bridgehead atoms. The minimum atomic E-state index is 0. The summed E-state index contributed by atoms with van der Waals surface area (Å²) in [6, 6.07) is 6.09. The fourth-order valence-corrected chi connectivity index (χ4v) is 3.00.